The first kappa shape index (κ1) is 20.9. The second-order valence-electron chi connectivity index (χ2n) is 5.79. The summed E-state index contributed by atoms with van der Waals surface area (Å²) >= 11 is 0. The molecule has 9 heteroatoms. The van der Waals surface area contributed by atoms with Gasteiger partial charge < -0.3 is 19.5 Å². The van der Waals surface area contributed by atoms with Crippen molar-refractivity contribution in [3.05, 3.63) is 0 Å². The summed E-state index contributed by atoms with van der Waals surface area (Å²) in [5.41, 5.74) is 5.24. The minimum absolute atomic E-state index is 0.114. The summed E-state index contributed by atoms with van der Waals surface area (Å²) in [5.74, 6) is -2.52. The van der Waals surface area contributed by atoms with Crippen LogP contribution in [0.5, 0.6) is 0 Å². The summed E-state index contributed by atoms with van der Waals surface area (Å²) < 4.78 is 28.3. The molecule has 0 aromatic carbocycles. The van der Waals surface area contributed by atoms with Gasteiger partial charge in [0.1, 0.15) is 0 Å². The van der Waals surface area contributed by atoms with Crippen LogP contribution in [0.3, 0.4) is 0 Å². The average Bonchev–Trinajstić information content (AvgIpc) is 2.30. The molecule has 0 fully saturated rings. The van der Waals surface area contributed by atoms with Crippen LogP contribution < -0.4 is 11.1 Å². The number of rotatable bonds is 9. The van der Waals surface area contributed by atoms with Crippen molar-refractivity contribution in [2.75, 3.05) is 6.61 Å². The lowest BCUT2D eigenvalue weighted by molar-refractivity contribution is -0.118. The highest BCUT2D eigenvalue weighted by atomic mass is 31.2. The van der Waals surface area contributed by atoms with Gasteiger partial charge in [0.05, 0.1) is 18.8 Å². The number of nitrogens with two attached hydrogens (primary N) is 1. The van der Waals surface area contributed by atoms with Crippen LogP contribution in [0, 0.1) is 5.92 Å². The van der Waals surface area contributed by atoms with Crippen LogP contribution in [0.15, 0.2) is 0 Å². The van der Waals surface area contributed by atoms with E-state index in [1.165, 1.54) is 0 Å². The smallest absolute Gasteiger partial charge is 0.408 e. The summed E-state index contributed by atoms with van der Waals surface area (Å²) in [7, 11) is -3.99. The summed E-state index contributed by atoms with van der Waals surface area (Å²) in [6.07, 6.45) is -1.88. The molecule has 0 aromatic rings. The second kappa shape index (κ2) is 9.12. The minimum Gasteiger partial charge on any atom is -0.449 e. The highest BCUT2D eigenvalue weighted by Crippen LogP contribution is 2.54. The van der Waals surface area contributed by atoms with Crippen molar-refractivity contribution < 1.29 is 27.9 Å². The molecule has 0 rings (SSSR count). The molecule has 3 N–H and O–H groups in total. The van der Waals surface area contributed by atoms with Gasteiger partial charge in [0.2, 0.25) is 5.78 Å². The second-order valence-corrected chi connectivity index (χ2v) is 7.81. The third kappa shape index (κ3) is 7.77. The molecule has 0 aliphatic heterocycles. The van der Waals surface area contributed by atoms with E-state index in [9.17, 15) is 14.2 Å². The van der Waals surface area contributed by atoms with Crippen molar-refractivity contribution in [2.24, 2.45) is 11.7 Å². The van der Waals surface area contributed by atoms with E-state index >= 15 is 0 Å². The Bertz CT molecular complexity index is 411. The molecule has 0 saturated heterocycles. The molecular weight excluding hydrogens is 311 g/mol. The standard InChI is InChI=1S/C13H27N2O6P/c1-8(2)7-19-13(17)15-12(11(14)16)22(18,20-9(3)4)21-10(5)6/h8-10,12H,7H2,1-6H3,(H2,14,16)(H,15,17)/t12-/m1/s1. The molecule has 22 heavy (non-hydrogen) atoms. The summed E-state index contributed by atoms with van der Waals surface area (Å²) in [4.78, 5) is 23.3. The van der Waals surface area contributed by atoms with E-state index in [1.807, 2.05) is 13.8 Å². The SMILES string of the molecule is CC(C)COC(=O)N[C@@H](C(N)=O)P(=O)(OC(C)C)OC(C)C. The first-order valence-electron chi connectivity index (χ1n) is 7.17. The number of nitrogens with one attached hydrogen (secondary N) is 1. The van der Waals surface area contributed by atoms with Crippen molar-refractivity contribution in [2.45, 2.75) is 59.5 Å². The molecule has 0 saturated carbocycles. The van der Waals surface area contributed by atoms with E-state index in [4.69, 9.17) is 19.5 Å². The Morgan fingerprint density at radius 1 is 1.05 bits per heavy atom. The fraction of sp³-hybridized carbons (Fsp3) is 0.846. The van der Waals surface area contributed by atoms with Gasteiger partial charge >= 0.3 is 13.7 Å². The highest BCUT2D eigenvalue weighted by molar-refractivity contribution is 7.55. The number of amides is 2. The van der Waals surface area contributed by atoms with Crippen LogP contribution in [0.1, 0.15) is 41.5 Å². The van der Waals surface area contributed by atoms with E-state index < -0.39 is 37.6 Å². The molecule has 1 atom stereocenters. The monoisotopic (exact) mass is 338 g/mol. The summed E-state index contributed by atoms with van der Waals surface area (Å²) in [5, 5.41) is 2.17. The fourth-order valence-corrected chi connectivity index (χ4v) is 3.48. The Hall–Kier alpha value is -1.11. The average molecular weight is 338 g/mol. The Morgan fingerprint density at radius 2 is 1.50 bits per heavy atom. The maximum absolute atomic E-state index is 12.8. The van der Waals surface area contributed by atoms with E-state index in [0.717, 1.165) is 0 Å². The van der Waals surface area contributed by atoms with Crippen LogP contribution in [0.2, 0.25) is 0 Å². The molecule has 0 spiro atoms. The van der Waals surface area contributed by atoms with Crippen molar-refractivity contribution in [1.29, 1.82) is 0 Å². The Morgan fingerprint density at radius 3 is 1.82 bits per heavy atom. The van der Waals surface area contributed by atoms with Gasteiger partial charge in [-0.25, -0.2) is 4.79 Å². The maximum Gasteiger partial charge on any atom is 0.408 e. The van der Waals surface area contributed by atoms with Gasteiger partial charge in [0.25, 0.3) is 5.91 Å². The predicted octanol–water partition coefficient (Wildman–Crippen LogP) is 2.22. The topological polar surface area (TPSA) is 117 Å². The molecule has 0 aromatic heterocycles. The van der Waals surface area contributed by atoms with E-state index in [1.54, 1.807) is 27.7 Å². The third-order valence-electron chi connectivity index (χ3n) is 2.10. The van der Waals surface area contributed by atoms with Gasteiger partial charge in [0.15, 0.2) is 0 Å². The lowest BCUT2D eigenvalue weighted by Gasteiger charge is -2.28. The molecular formula is C13H27N2O6P. The molecule has 0 aliphatic carbocycles. The van der Waals surface area contributed by atoms with Crippen molar-refractivity contribution in [1.82, 2.24) is 5.32 Å². The van der Waals surface area contributed by atoms with Crippen LogP contribution >= 0.6 is 7.60 Å². The Balaban J connectivity index is 5.17. The Kier molecular flexibility index (Phi) is 8.66. The van der Waals surface area contributed by atoms with Gasteiger partial charge in [-0.3, -0.25) is 14.7 Å². The van der Waals surface area contributed by atoms with Crippen LogP contribution in [0.4, 0.5) is 4.79 Å². The van der Waals surface area contributed by atoms with Crippen molar-refractivity contribution in [3.8, 4) is 0 Å². The highest BCUT2D eigenvalue weighted by Gasteiger charge is 2.43. The number of alkyl carbamates (subject to hydrolysis) is 1. The third-order valence-corrected chi connectivity index (χ3v) is 4.55. The molecule has 130 valence electrons. The van der Waals surface area contributed by atoms with Gasteiger partial charge in [-0.1, -0.05) is 13.8 Å². The minimum atomic E-state index is -3.99. The zero-order chi connectivity index (χ0) is 17.5. The summed E-state index contributed by atoms with van der Waals surface area (Å²) in [6.45, 7) is 10.4. The van der Waals surface area contributed by atoms with Gasteiger partial charge in [0, 0.05) is 0 Å². The molecule has 0 aliphatic rings. The lowest BCUT2D eigenvalue weighted by atomic mass is 10.2. The Labute approximate surface area is 131 Å². The molecule has 0 radical (unpaired) electrons. The van der Waals surface area contributed by atoms with E-state index in [-0.39, 0.29) is 12.5 Å². The molecule has 0 heterocycles. The van der Waals surface area contributed by atoms with Crippen LogP contribution in [-0.4, -0.2) is 36.6 Å². The number of ether oxygens (including phenoxy) is 1. The number of hydrogen-bond donors (Lipinski definition) is 2. The lowest BCUT2D eigenvalue weighted by Crippen LogP contribution is -2.46. The number of carbonyl (C=O) groups is 2. The van der Waals surface area contributed by atoms with Gasteiger partial charge in [-0.05, 0) is 33.6 Å². The molecule has 0 bridgehead atoms. The number of carbonyl (C=O) groups excluding carboxylic acids is 2. The largest absolute Gasteiger partial charge is 0.449 e. The van der Waals surface area contributed by atoms with Crippen LogP contribution in [0.25, 0.3) is 0 Å². The van der Waals surface area contributed by atoms with E-state index in [0.29, 0.717) is 0 Å². The maximum atomic E-state index is 12.8. The zero-order valence-corrected chi connectivity index (χ0v) is 14.9. The number of primary amides is 1. The van der Waals surface area contributed by atoms with Gasteiger partial charge in [-0.15, -0.1) is 0 Å². The quantitative estimate of drug-likeness (QED) is 0.623. The summed E-state index contributed by atoms with van der Waals surface area (Å²) in [6, 6.07) is 0. The molecule has 0 unspecified atom stereocenters. The number of hydrogen-bond acceptors (Lipinski definition) is 6. The van der Waals surface area contributed by atoms with Crippen molar-refractivity contribution in [3.63, 3.8) is 0 Å². The van der Waals surface area contributed by atoms with Gasteiger partial charge in [-0.2, -0.15) is 0 Å². The zero-order valence-electron chi connectivity index (χ0n) is 14.0. The molecule has 2 amide bonds. The first-order chi connectivity index (χ1) is 9.97. The molecule has 8 nitrogen and oxygen atoms in total. The van der Waals surface area contributed by atoms with E-state index in [2.05, 4.69) is 5.32 Å². The normalized spacial score (nSPS) is 13.5. The first-order valence-corrected chi connectivity index (χ1v) is 8.78. The van der Waals surface area contributed by atoms with Crippen molar-refractivity contribution >= 4 is 19.6 Å². The van der Waals surface area contributed by atoms with Crippen LogP contribution in [-0.2, 0) is 23.1 Å². The predicted molar refractivity (Wildman–Crippen MR) is 82.4 cm³/mol. The fourth-order valence-electron chi connectivity index (χ4n) is 1.44.